The summed E-state index contributed by atoms with van der Waals surface area (Å²) >= 11 is 1.54. The highest BCUT2D eigenvalue weighted by Gasteiger charge is 2.36. The predicted molar refractivity (Wildman–Crippen MR) is 156 cm³/mol. The summed E-state index contributed by atoms with van der Waals surface area (Å²) in [5.74, 6) is -0.119. The monoisotopic (exact) mass is 501 g/mol. The fraction of sp³-hybridized carbons (Fsp3) is 0.0625. The molecule has 182 valence electrons. The van der Waals surface area contributed by atoms with Crippen molar-refractivity contribution in [1.82, 2.24) is 10.4 Å². The highest BCUT2D eigenvalue weighted by Crippen LogP contribution is 2.34. The number of nitrogens with one attached hydrogen (secondary N) is 1. The molecule has 0 aliphatic carbocycles. The third kappa shape index (κ3) is 6.08. The molecular weight excluding hydrogens is 474 g/mol. The van der Waals surface area contributed by atoms with Crippen LogP contribution in [0.25, 0.3) is 17.7 Å². The smallest absolute Gasteiger partial charge is 0.272 e. The van der Waals surface area contributed by atoms with Crippen LogP contribution in [0.1, 0.15) is 23.6 Å². The Bertz CT molecular complexity index is 1430. The Morgan fingerprint density at radius 2 is 1.27 bits per heavy atom. The number of thioether (sulfide) groups is 1. The number of nitrogens with zero attached hydrogens (tertiary/aromatic N) is 2. The lowest BCUT2D eigenvalue weighted by atomic mass is 10.0. The van der Waals surface area contributed by atoms with Crippen molar-refractivity contribution >= 4 is 46.2 Å². The first-order valence-electron chi connectivity index (χ1n) is 12.1. The molecule has 0 aromatic heterocycles. The Labute approximate surface area is 222 Å². The van der Waals surface area contributed by atoms with Gasteiger partial charge < -0.3 is 0 Å². The summed E-state index contributed by atoms with van der Waals surface area (Å²) in [6, 6.07) is 39.7. The van der Waals surface area contributed by atoms with Crippen LogP contribution in [0.5, 0.6) is 0 Å². The molecule has 1 heterocycles. The van der Waals surface area contributed by atoms with Gasteiger partial charge in [-0.15, -0.1) is 0 Å². The van der Waals surface area contributed by atoms with Crippen LogP contribution >= 0.6 is 11.8 Å². The molecule has 1 unspecified atom stereocenters. The quantitative estimate of drug-likeness (QED) is 0.221. The lowest BCUT2D eigenvalue weighted by Crippen LogP contribution is -2.44. The fourth-order valence-corrected chi connectivity index (χ4v) is 5.12. The molecule has 0 spiro atoms. The number of amides is 1. The molecule has 0 saturated carbocycles. The maximum absolute atomic E-state index is 14.2. The van der Waals surface area contributed by atoms with Crippen molar-refractivity contribution in [2.45, 2.75) is 12.3 Å². The molecule has 4 aromatic rings. The van der Waals surface area contributed by atoms with E-state index in [9.17, 15) is 4.79 Å². The van der Waals surface area contributed by atoms with Crippen LogP contribution in [0.15, 0.2) is 132 Å². The van der Waals surface area contributed by atoms with E-state index in [1.54, 1.807) is 5.01 Å². The zero-order valence-corrected chi connectivity index (χ0v) is 21.3. The number of hydrazine groups is 1. The average Bonchev–Trinajstić information content (AvgIpc) is 3.37. The van der Waals surface area contributed by atoms with Crippen LogP contribution in [0.3, 0.4) is 0 Å². The molecule has 5 rings (SSSR count). The number of para-hydroxylation sites is 1. The SMILES string of the molecule is C/C(=C\c1ccccc1)C1SC(=Nc2ccccc2)NN1C(=O)/C(=C/c1ccccc1)c1ccccc1. The fourth-order valence-electron chi connectivity index (χ4n) is 4.09. The van der Waals surface area contributed by atoms with E-state index in [1.807, 2.05) is 115 Å². The Morgan fingerprint density at radius 1 is 0.757 bits per heavy atom. The molecule has 37 heavy (non-hydrogen) atoms. The van der Waals surface area contributed by atoms with Gasteiger partial charge in [-0.05, 0) is 47.4 Å². The second kappa shape index (κ2) is 11.6. The summed E-state index contributed by atoms with van der Waals surface area (Å²) in [5, 5.41) is 2.11. The zero-order valence-electron chi connectivity index (χ0n) is 20.5. The van der Waals surface area contributed by atoms with Crippen molar-refractivity contribution in [3.05, 3.63) is 144 Å². The van der Waals surface area contributed by atoms with Crippen molar-refractivity contribution in [3.8, 4) is 0 Å². The van der Waals surface area contributed by atoms with E-state index >= 15 is 0 Å². The molecular formula is C32H27N3OS. The molecule has 4 aromatic carbocycles. The standard InChI is InChI=1S/C32H27N3OS/c1-24(22-25-14-6-2-7-15-25)31-35(34-32(37-31)33-28-20-12-5-13-21-28)30(36)29(27-18-10-4-11-19-27)23-26-16-8-3-9-17-26/h2-23,31H,1H3,(H,33,34)/b24-22+,29-23+. The first-order valence-corrected chi connectivity index (χ1v) is 13.0. The van der Waals surface area contributed by atoms with E-state index in [0.717, 1.165) is 28.0 Å². The minimum absolute atomic E-state index is 0.119. The Hall–Kier alpha value is -4.35. The van der Waals surface area contributed by atoms with Gasteiger partial charge in [-0.3, -0.25) is 10.2 Å². The third-order valence-corrected chi connectivity index (χ3v) is 7.10. The van der Waals surface area contributed by atoms with Crippen molar-refractivity contribution < 1.29 is 4.79 Å². The maximum Gasteiger partial charge on any atom is 0.274 e. The second-order valence-corrected chi connectivity index (χ2v) is 9.71. The van der Waals surface area contributed by atoms with Gasteiger partial charge in [0, 0.05) is 5.57 Å². The van der Waals surface area contributed by atoms with Gasteiger partial charge in [0.05, 0.1) is 5.69 Å². The molecule has 5 heteroatoms. The topological polar surface area (TPSA) is 44.7 Å². The molecule has 1 atom stereocenters. The lowest BCUT2D eigenvalue weighted by molar-refractivity contribution is -0.126. The Kier molecular flexibility index (Phi) is 7.63. The number of carbonyl (C=O) groups excluding carboxylic acids is 1. The summed E-state index contributed by atoms with van der Waals surface area (Å²) in [6.07, 6.45) is 4.07. The van der Waals surface area contributed by atoms with Crippen LogP contribution in [0.2, 0.25) is 0 Å². The lowest BCUT2D eigenvalue weighted by Gasteiger charge is -2.25. The van der Waals surface area contributed by atoms with E-state index in [-0.39, 0.29) is 11.3 Å². The second-order valence-electron chi connectivity index (χ2n) is 8.64. The Morgan fingerprint density at radius 3 is 1.86 bits per heavy atom. The van der Waals surface area contributed by atoms with Crippen LogP contribution in [0, 0.1) is 0 Å². The average molecular weight is 502 g/mol. The summed E-state index contributed by atoms with van der Waals surface area (Å²) in [5.41, 5.74) is 8.71. The first kappa shape index (κ1) is 24.3. The van der Waals surface area contributed by atoms with Gasteiger partial charge in [-0.1, -0.05) is 127 Å². The normalized spacial score (nSPS) is 17.1. The minimum Gasteiger partial charge on any atom is -0.272 e. The van der Waals surface area contributed by atoms with E-state index in [2.05, 4.69) is 30.6 Å². The van der Waals surface area contributed by atoms with E-state index in [4.69, 9.17) is 4.99 Å². The van der Waals surface area contributed by atoms with Gasteiger partial charge in [0.2, 0.25) is 0 Å². The number of rotatable bonds is 6. The summed E-state index contributed by atoms with van der Waals surface area (Å²) in [4.78, 5) is 19.0. The number of hydrogen-bond acceptors (Lipinski definition) is 3. The van der Waals surface area contributed by atoms with Crippen LogP contribution in [-0.2, 0) is 4.79 Å². The molecule has 1 aliphatic rings. The molecule has 1 N–H and O–H groups in total. The number of amidine groups is 1. The van der Waals surface area contributed by atoms with Gasteiger partial charge in [0.1, 0.15) is 5.37 Å². The van der Waals surface area contributed by atoms with Gasteiger partial charge in [-0.25, -0.2) is 10.0 Å². The Balaban J connectivity index is 1.55. The molecule has 1 aliphatic heterocycles. The van der Waals surface area contributed by atoms with Gasteiger partial charge in [-0.2, -0.15) is 0 Å². The minimum atomic E-state index is -0.266. The van der Waals surface area contributed by atoms with Crippen molar-refractivity contribution in [2.24, 2.45) is 4.99 Å². The molecule has 1 fully saturated rings. The van der Waals surface area contributed by atoms with E-state index < -0.39 is 0 Å². The summed E-state index contributed by atoms with van der Waals surface area (Å²) < 4.78 is 0. The first-order chi connectivity index (χ1) is 18.2. The van der Waals surface area contributed by atoms with Crippen LogP contribution < -0.4 is 5.43 Å². The van der Waals surface area contributed by atoms with Crippen molar-refractivity contribution in [2.75, 3.05) is 0 Å². The zero-order chi connectivity index (χ0) is 25.5. The molecule has 1 saturated heterocycles. The van der Waals surface area contributed by atoms with Crippen LogP contribution in [-0.4, -0.2) is 21.5 Å². The highest BCUT2D eigenvalue weighted by atomic mass is 32.2. The number of hydrogen-bond donors (Lipinski definition) is 1. The van der Waals surface area contributed by atoms with E-state index in [0.29, 0.717) is 10.7 Å². The largest absolute Gasteiger partial charge is 0.274 e. The summed E-state index contributed by atoms with van der Waals surface area (Å²) in [6.45, 7) is 2.06. The van der Waals surface area contributed by atoms with Crippen molar-refractivity contribution in [3.63, 3.8) is 0 Å². The highest BCUT2D eigenvalue weighted by molar-refractivity contribution is 8.14. The summed E-state index contributed by atoms with van der Waals surface area (Å²) in [7, 11) is 0. The van der Waals surface area contributed by atoms with E-state index in [1.165, 1.54) is 11.8 Å². The van der Waals surface area contributed by atoms with Crippen molar-refractivity contribution in [1.29, 1.82) is 0 Å². The molecule has 1 amide bonds. The molecule has 0 radical (unpaired) electrons. The predicted octanol–water partition coefficient (Wildman–Crippen LogP) is 7.42. The molecule has 4 nitrogen and oxygen atoms in total. The number of carbonyl (C=O) groups is 1. The van der Waals surface area contributed by atoms with Gasteiger partial charge in [0.15, 0.2) is 5.17 Å². The third-order valence-electron chi connectivity index (χ3n) is 5.89. The van der Waals surface area contributed by atoms with Gasteiger partial charge >= 0.3 is 0 Å². The van der Waals surface area contributed by atoms with Crippen LogP contribution in [0.4, 0.5) is 5.69 Å². The maximum atomic E-state index is 14.2. The number of benzene rings is 4. The van der Waals surface area contributed by atoms with Gasteiger partial charge in [0.25, 0.3) is 5.91 Å². The molecule has 0 bridgehead atoms. The number of aliphatic imine (C=N–C) groups is 1.